The summed E-state index contributed by atoms with van der Waals surface area (Å²) in [5.74, 6) is -1.28. The van der Waals surface area contributed by atoms with Gasteiger partial charge in [-0.3, -0.25) is 9.78 Å². The third-order valence-electron chi connectivity index (χ3n) is 3.42. The largest absolute Gasteiger partial charge is 0.481 e. The van der Waals surface area contributed by atoms with Crippen molar-refractivity contribution < 1.29 is 14.7 Å². The van der Waals surface area contributed by atoms with Crippen LogP contribution in [0.3, 0.4) is 0 Å². The van der Waals surface area contributed by atoms with Gasteiger partial charge in [-0.15, -0.1) is 0 Å². The molecule has 108 valence electrons. The normalized spacial score (nSPS) is 18.6. The Morgan fingerprint density at radius 3 is 3.00 bits per heavy atom. The Labute approximate surface area is 117 Å². The molecule has 0 spiro atoms. The second kappa shape index (κ2) is 6.36. The molecule has 1 aromatic heterocycles. The maximum absolute atomic E-state index is 12.0. The summed E-state index contributed by atoms with van der Waals surface area (Å²) in [7, 11) is 0. The molecule has 20 heavy (non-hydrogen) atoms. The Hall–Kier alpha value is -2.11. The molecule has 6 nitrogen and oxygen atoms in total. The fourth-order valence-electron chi connectivity index (χ4n) is 2.34. The summed E-state index contributed by atoms with van der Waals surface area (Å²) in [5.41, 5.74) is 1.70. The van der Waals surface area contributed by atoms with Crippen molar-refractivity contribution in [3.05, 3.63) is 29.6 Å². The van der Waals surface area contributed by atoms with E-state index < -0.39 is 11.9 Å². The van der Waals surface area contributed by atoms with E-state index in [-0.39, 0.29) is 12.6 Å². The van der Waals surface area contributed by atoms with E-state index >= 15 is 0 Å². The number of hydrogen-bond donors (Lipinski definition) is 2. The zero-order valence-electron chi connectivity index (χ0n) is 11.5. The number of aryl methyl sites for hydroxylation is 1. The first-order valence-electron chi connectivity index (χ1n) is 6.74. The van der Waals surface area contributed by atoms with Crippen molar-refractivity contribution in [3.8, 4) is 0 Å². The van der Waals surface area contributed by atoms with Crippen molar-refractivity contribution in [3.63, 3.8) is 0 Å². The zero-order chi connectivity index (χ0) is 14.5. The van der Waals surface area contributed by atoms with E-state index in [2.05, 4.69) is 10.3 Å². The number of aliphatic carboxylic acids is 1. The molecule has 1 aromatic rings. The van der Waals surface area contributed by atoms with Crippen LogP contribution in [0.1, 0.15) is 24.2 Å². The number of piperidine rings is 1. The van der Waals surface area contributed by atoms with Crippen LogP contribution in [-0.4, -0.2) is 40.1 Å². The number of carboxylic acids is 1. The molecule has 0 radical (unpaired) electrons. The van der Waals surface area contributed by atoms with E-state index in [4.69, 9.17) is 5.11 Å². The number of pyridine rings is 1. The minimum atomic E-state index is -0.831. The fraction of sp³-hybridized carbons (Fsp3) is 0.500. The molecule has 2 heterocycles. The maximum atomic E-state index is 12.0. The number of nitrogens with one attached hydrogen (secondary N) is 1. The van der Waals surface area contributed by atoms with Crippen molar-refractivity contribution in [2.45, 2.75) is 26.3 Å². The van der Waals surface area contributed by atoms with Gasteiger partial charge in [0.1, 0.15) is 0 Å². The standard InChI is InChI=1S/C14H19N3O3/c1-10-4-2-6-12(16-10)8-15-14(20)17-7-3-5-11(9-17)13(18)19/h2,4,6,11H,3,5,7-9H2,1H3,(H,15,20)(H,18,19)/t11-/m0/s1. The molecule has 0 bridgehead atoms. The SMILES string of the molecule is Cc1cccc(CNC(=O)N2CCC[C@H](C(=O)O)C2)n1. The van der Waals surface area contributed by atoms with Crippen LogP contribution in [-0.2, 0) is 11.3 Å². The summed E-state index contributed by atoms with van der Waals surface area (Å²) in [6, 6.07) is 5.42. The Morgan fingerprint density at radius 2 is 2.30 bits per heavy atom. The number of likely N-dealkylation sites (tertiary alicyclic amines) is 1. The lowest BCUT2D eigenvalue weighted by Gasteiger charge is -2.30. The summed E-state index contributed by atoms with van der Waals surface area (Å²) < 4.78 is 0. The third-order valence-corrected chi connectivity index (χ3v) is 3.42. The molecular formula is C14H19N3O3. The third kappa shape index (κ3) is 3.69. The van der Waals surface area contributed by atoms with Gasteiger partial charge in [-0.25, -0.2) is 4.79 Å². The molecule has 1 saturated heterocycles. The van der Waals surface area contributed by atoms with E-state index in [1.165, 1.54) is 0 Å². The molecule has 1 fully saturated rings. The summed E-state index contributed by atoms with van der Waals surface area (Å²) in [6.07, 6.45) is 1.37. The second-order valence-corrected chi connectivity index (χ2v) is 5.05. The average Bonchev–Trinajstić information content (AvgIpc) is 2.45. The van der Waals surface area contributed by atoms with E-state index in [1.807, 2.05) is 25.1 Å². The minimum absolute atomic E-state index is 0.223. The number of carboxylic acid groups (broad SMARTS) is 1. The Balaban J connectivity index is 1.87. The van der Waals surface area contributed by atoms with Crippen LogP contribution in [0.4, 0.5) is 4.79 Å². The van der Waals surface area contributed by atoms with Crippen LogP contribution in [0.2, 0.25) is 0 Å². The van der Waals surface area contributed by atoms with E-state index in [9.17, 15) is 9.59 Å². The number of hydrogen-bond acceptors (Lipinski definition) is 3. The van der Waals surface area contributed by atoms with E-state index in [0.29, 0.717) is 19.5 Å². The first-order valence-corrected chi connectivity index (χ1v) is 6.74. The lowest BCUT2D eigenvalue weighted by atomic mass is 9.99. The molecule has 2 rings (SSSR count). The molecular weight excluding hydrogens is 258 g/mol. The van der Waals surface area contributed by atoms with E-state index in [1.54, 1.807) is 4.90 Å². The number of carbonyl (C=O) groups is 2. The molecule has 0 unspecified atom stereocenters. The Kier molecular flexibility index (Phi) is 4.55. The summed E-state index contributed by atoms with van der Waals surface area (Å²) >= 11 is 0. The van der Waals surface area contributed by atoms with Crippen LogP contribution < -0.4 is 5.32 Å². The molecule has 1 atom stereocenters. The molecule has 2 amide bonds. The zero-order valence-corrected chi connectivity index (χ0v) is 11.5. The van der Waals surface area contributed by atoms with Gasteiger partial charge in [0.05, 0.1) is 18.2 Å². The van der Waals surface area contributed by atoms with Crippen LogP contribution in [0.15, 0.2) is 18.2 Å². The highest BCUT2D eigenvalue weighted by molar-refractivity contribution is 5.76. The maximum Gasteiger partial charge on any atom is 0.317 e. The number of amides is 2. The molecule has 6 heteroatoms. The second-order valence-electron chi connectivity index (χ2n) is 5.05. The van der Waals surface area contributed by atoms with E-state index in [0.717, 1.165) is 17.8 Å². The smallest absolute Gasteiger partial charge is 0.317 e. The lowest BCUT2D eigenvalue weighted by Crippen LogP contribution is -2.46. The first-order chi connectivity index (χ1) is 9.56. The van der Waals surface area contributed by atoms with Gasteiger partial charge in [0.15, 0.2) is 0 Å². The Bertz CT molecular complexity index is 504. The molecule has 1 aliphatic heterocycles. The molecule has 1 aliphatic rings. The number of urea groups is 1. The van der Waals surface area contributed by atoms with Gasteiger partial charge < -0.3 is 15.3 Å². The highest BCUT2D eigenvalue weighted by Crippen LogP contribution is 2.16. The van der Waals surface area contributed by atoms with Crippen molar-refractivity contribution in [2.75, 3.05) is 13.1 Å². The van der Waals surface area contributed by atoms with Gasteiger partial charge in [0.25, 0.3) is 0 Å². The number of rotatable bonds is 3. The fourth-order valence-corrected chi connectivity index (χ4v) is 2.34. The van der Waals surface area contributed by atoms with Crippen molar-refractivity contribution in [1.82, 2.24) is 15.2 Å². The van der Waals surface area contributed by atoms with Crippen LogP contribution >= 0.6 is 0 Å². The van der Waals surface area contributed by atoms with Gasteiger partial charge in [-0.05, 0) is 31.9 Å². The van der Waals surface area contributed by atoms with Gasteiger partial charge in [-0.1, -0.05) is 6.07 Å². The molecule has 0 aliphatic carbocycles. The van der Waals surface area contributed by atoms with Crippen LogP contribution in [0.25, 0.3) is 0 Å². The predicted octanol–water partition coefficient (Wildman–Crippen LogP) is 1.40. The minimum Gasteiger partial charge on any atom is -0.481 e. The first kappa shape index (κ1) is 14.3. The van der Waals surface area contributed by atoms with Gasteiger partial charge >= 0.3 is 12.0 Å². The van der Waals surface area contributed by atoms with Gasteiger partial charge in [0, 0.05) is 18.8 Å². The lowest BCUT2D eigenvalue weighted by molar-refractivity contribution is -0.143. The predicted molar refractivity (Wildman–Crippen MR) is 73.1 cm³/mol. The van der Waals surface area contributed by atoms with Crippen molar-refractivity contribution in [2.24, 2.45) is 5.92 Å². The van der Waals surface area contributed by atoms with Gasteiger partial charge in [-0.2, -0.15) is 0 Å². The molecule has 0 saturated carbocycles. The topological polar surface area (TPSA) is 82.5 Å². The summed E-state index contributed by atoms with van der Waals surface area (Å²) in [6.45, 7) is 3.14. The highest BCUT2D eigenvalue weighted by Gasteiger charge is 2.27. The molecule has 0 aromatic carbocycles. The number of nitrogens with zero attached hydrogens (tertiary/aromatic N) is 2. The van der Waals surface area contributed by atoms with Crippen LogP contribution in [0, 0.1) is 12.8 Å². The van der Waals surface area contributed by atoms with Crippen molar-refractivity contribution >= 4 is 12.0 Å². The number of carbonyl (C=O) groups excluding carboxylic acids is 1. The highest BCUT2D eigenvalue weighted by atomic mass is 16.4. The van der Waals surface area contributed by atoms with Crippen molar-refractivity contribution in [1.29, 1.82) is 0 Å². The Morgan fingerprint density at radius 1 is 1.50 bits per heavy atom. The monoisotopic (exact) mass is 277 g/mol. The summed E-state index contributed by atoms with van der Waals surface area (Å²) in [4.78, 5) is 28.9. The summed E-state index contributed by atoms with van der Waals surface area (Å²) in [5, 5.41) is 11.8. The van der Waals surface area contributed by atoms with Crippen LogP contribution in [0.5, 0.6) is 0 Å². The average molecular weight is 277 g/mol. The van der Waals surface area contributed by atoms with Gasteiger partial charge in [0.2, 0.25) is 0 Å². The number of aromatic nitrogens is 1. The molecule has 2 N–H and O–H groups in total. The quantitative estimate of drug-likeness (QED) is 0.874.